The van der Waals surface area contributed by atoms with Crippen LogP contribution in [0.2, 0.25) is 0 Å². The van der Waals surface area contributed by atoms with Gasteiger partial charge in [0.1, 0.15) is 0 Å². The van der Waals surface area contributed by atoms with Gasteiger partial charge in [0.25, 0.3) is 0 Å². The Morgan fingerprint density at radius 1 is 1.16 bits per heavy atom. The van der Waals surface area contributed by atoms with Crippen molar-refractivity contribution in [3.8, 4) is 0 Å². The van der Waals surface area contributed by atoms with Crippen LogP contribution in [0.4, 0.5) is 0 Å². The van der Waals surface area contributed by atoms with Crippen LogP contribution in [-0.2, 0) is 11.3 Å². The van der Waals surface area contributed by atoms with E-state index in [2.05, 4.69) is 38.1 Å². The minimum Gasteiger partial charge on any atom is -0.340 e. The Bertz CT molecular complexity index is 409. The van der Waals surface area contributed by atoms with Crippen LogP contribution in [-0.4, -0.2) is 23.9 Å². The van der Waals surface area contributed by atoms with Gasteiger partial charge in [0.05, 0.1) is 6.04 Å². The molecule has 0 saturated heterocycles. The zero-order valence-corrected chi connectivity index (χ0v) is 12.7. The van der Waals surface area contributed by atoms with E-state index in [1.54, 1.807) is 11.9 Å². The van der Waals surface area contributed by atoms with E-state index in [0.717, 1.165) is 5.56 Å². The third kappa shape index (κ3) is 4.35. The number of likely N-dealkylation sites (N-methyl/N-ethyl adjacent to an activating group) is 1. The molecule has 3 heteroatoms. The van der Waals surface area contributed by atoms with Gasteiger partial charge in [-0.05, 0) is 23.0 Å². The van der Waals surface area contributed by atoms with Crippen LogP contribution in [0.15, 0.2) is 24.3 Å². The predicted octanol–water partition coefficient (Wildman–Crippen LogP) is 2.75. The second-order valence-corrected chi connectivity index (χ2v) is 5.86. The van der Waals surface area contributed by atoms with E-state index >= 15 is 0 Å². The van der Waals surface area contributed by atoms with Crippen LogP contribution in [0.25, 0.3) is 0 Å². The number of carbonyl (C=O) groups excluding carboxylic acids is 1. The first kappa shape index (κ1) is 15.7. The summed E-state index contributed by atoms with van der Waals surface area (Å²) in [6.45, 7) is 8.89. The predicted molar refractivity (Wildman–Crippen MR) is 79.8 cm³/mol. The Kier molecular flexibility index (Phi) is 5.55. The molecule has 106 valence electrons. The quantitative estimate of drug-likeness (QED) is 0.887. The minimum absolute atomic E-state index is 0.00272. The van der Waals surface area contributed by atoms with Gasteiger partial charge in [0.2, 0.25) is 5.91 Å². The van der Waals surface area contributed by atoms with Gasteiger partial charge in [-0.25, -0.2) is 0 Å². The van der Waals surface area contributed by atoms with Crippen molar-refractivity contribution in [3.05, 3.63) is 35.4 Å². The maximum absolute atomic E-state index is 12.1. The number of carbonyl (C=O) groups is 1. The van der Waals surface area contributed by atoms with E-state index in [4.69, 9.17) is 5.73 Å². The van der Waals surface area contributed by atoms with Crippen LogP contribution >= 0.6 is 0 Å². The van der Waals surface area contributed by atoms with Gasteiger partial charge >= 0.3 is 0 Å². The zero-order valence-electron chi connectivity index (χ0n) is 12.7. The third-order valence-electron chi connectivity index (χ3n) is 3.45. The van der Waals surface area contributed by atoms with E-state index < -0.39 is 6.04 Å². The summed E-state index contributed by atoms with van der Waals surface area (Å²) in [6, 6.07) is 8.00. The fourth-order valence-electron chi connectivity index (χ4n) is 1.90. The lowest BCUT2D eigenvalue weighted by atomic mass is 10.0. The molecular formula is C16H26N2O. The Labute approximate surface area is 116 Å². The molecular weight excluding hydrogens is 236 g/mol. The van der Waals surface area contributed by atoms with Crippen molar-refractivity contribution in [1.82, 2.24) is 4.90 Å². The number of nitrogens with zero attached hydrogens (tertiary/aromatic N) is 1. The molecule has 2 N–H and O–H groups in total. The summed E-state index contributed by atoms with van der Waals surface area (Å²) < 4.78 is 0. The molecule has 0 fully saturated rings. The average Bonchev–Trinajstić information content (AvgIpc) is 2.37. The molecule has 1 aromatic carbocycles. The molecule has 0 bridgehead atoms. The fourth-order valence-corrected chi connectivity index (χ4v) is 1.90. The molecule has 0 heterocycles. The molecule has 0 unspecified atom stereocenters. The van der Waals surface area contributed by atoms with Crippen molar-refractivity contribution in [1.29, 1.82) is 0 Å². The molecule has 1 atom stereocenters. The van der Waals surface area contributed by atoms with E-state index in [1.165, 1.54) is 5.56 Å². The van der Waals surface area contributed by atoms with E-state index in [0.29, 0.717) is 12.5 Å². The highest BCUT2D eigenvalue weighted by Gasteiger charge is 2.20. The van der Waals surface area contributed by atoms with Gasteiger partial charge in [-0.15, -0.1) is 0 Å². The molecule has 0 radical (unpaired) electrons. The van der Waals surface area contributed by atoms with Crippen molar-refractivity contribution in [2.24, 2.45) is 11.7 Å². The standard InChI is InChI=1S/C16H26N2O/c1-11(2)14-8-6-13(7-9-14)10-18(5)16(19)15(17)12(3)4/h6-9,11-12,15H,10,17H2,1-5H3/t15-/m1/s1. The Morgan fingerprint density at radius 2 is 1.68 bits per heavy atom. The first-order chi connectivity index (χ1) is 8.82. The van der Waals surface area contributed by atoms with E-state index in [-0.39, 0.29) is 11.8 Å². The van der Waals surface area contributed by atoms with E-state index in [9.17, 15) is 4.79 Å². The van der Waals surface area contributed by atoms with Crippen LogP contribution < -0.4 is 5.73 Å². The molecule has 1 rings (SSSR count). The first-order valence-electron chi connectivity index (χ1n) is 6.92. The van der Waals surface area contributed by atoms with E-state index in [1.807, 2.05) is 13.8 Å². The van der Waals surface area contributed by atoms with Gasteiger partial charge < -0.3 is 10.6 Å². The monoisotopic (exact) mass is 262 g/mol. The molecule has 0 aliphatic rings. The summed E-state index contributed by atoms with van der Waals surface area (Å²) in [5, 5.41) is 0. The minimum atomic E-state index is -0.417. The molecule has 1 aromatic rings. The van der Waals surface area contributed by atoms with Crippen LogP contribution in [0.5, 0.6) is 0 Å². The topological polar surface area (TPSA) is 46.3 Å². The second kappa shape index (κ2) is 6.71. The molecule has 0 aliphatic carbocycles. The number of benzene rings is 1. The smallest absolute Gasteiger partial charge is 0.239 e. The number of hydrogen-bond acceptors (Lipinski definition) is 2. The fraction of sp³-hybridized carbons (Fsp3) is 0.562. The van der Waals surface area contributed by atoms with Gasteiger partial charge in [-0.3, -0.25) is 4.79 Å². The molecule has 3 nitrogen and oxygen atoms in total. The maximum atomic E-state index is 12.1. The summed E-state index contributed by atoms with van der Waals surface area (Å²) in [7, 11) is 1.81. The molecule has 0 aliphatic heterocycles. The highest BCUT2D eigenvalue weighted by atomic mass is 16.2. The van der Waals surface area contributed by atoms with Crippen LogP contribution in [0, 0.1) is 5.92 Å². The number of nitrogens with two attached hydrogens (primary N) is 1. The average molecular weight is 262 g/mol. The second-order valence-electron chi connectivity index (χ2n) is 5.86. The lowest BCUT2D eigenvalue weighted by molar-refractivity contribution is -0.132. The largest absolute Gasteiger partial charge is 0.340 e. The first-order valence-corrected chi connectivity index (χ1v) is 6.92. The SMILES string of the molecule is CC(C)c1ccc(CN(C)C(=O)[C@H](N)C(C)C)cc1. The Hall–Kier alpha value is -1.35. The van der Waals surface area contributed by atoms with Gasteiger partial charge in [0.15, 0.2) is 0 Å². The molecule has 0 aromatic heterocycles. The molecule has 19 heavy (non-hydrogen) atoms. The Morgan fingerprint density at radius 3 is 2.11 bits per heavy atom. The lowest BCUT2D eigenvalue weighted by Gasteiger charge is -2.23. The van der Waals surface area contributed by atoms with Crippen LogP contribution in [0.1, 0.15) is 44.7 Å². The molecule has 0 spiro atoms. The van der Waals surface area contributed by atoms with Crippen molar-refractivity contribution in [3.63, 3.8) is 0 Å². The van der Waals surface area contributed by atoms with Crippen molar-refractivity contribution in [2.75, 3.05) is 7.05 Å². The van der Waals surface area contributed by atoms with Crippen LogP contribution in [0.3, 0.4) is 0 Å². The maximum Gasteiger partial charge on any atom is 0.239 e. The summed E-state index contributed by atoms with van der Waals surface area (Å²) in [4.78, 5) is 13.8. The third-order valence-corrected chi connectivity index (χ3v) is 3.45. The highest BCUT2D eigenvalue weighted by molar-refractivity contribution is 5.81. The molecule has 0 saturated carbocycles. The Balaban J connectivity index is 2.66. The molecule has 1 amide bonds. The summed E-state index contributed by atoms with van der Waals surface area (Å²) in [5.41, 5.74) is 8.34. The van der Waals surface area contributed by atoms with Gasteiger partial charge in [-0.2, -0.15) is 0 Å². The summed E-state index contributed by atoms with van der Waals surface area (Å²) >= 11 is 0. The number of hydrogen-bond donors (Lipinski definition) is 1. The van der Waals surface area contributed by atoms with Crippen molar-refractivity contribution < 1.29 is 4.79 Å². The number of rotatable bonds is 5. The lowest BCUT2D eigenvalue weighted by Crippen LogP contribution is -2.44. The number of amides is 1. The van der Waals surface area contributed by atoms with Gasteiger partial charge in [0, 0.05) is 13.6 Å². The summed E-state index contributed by atoms with van der Waals surface area (Å²) in [6.07, 6.45) is 0. The van der Waals surface area contributed by atoms with Crippen molar-refractivity contribution in [2.45, 2.75) is 46.2 Å². The normalized spacial score (nSPS) is 12.8. The zero-order chi connectivity index (χ0) is 14.6. The summed E-state index contributed by atoms with van der Waals surface area (Å²) in [5.74, 6) is 0.698. The van der Waals surface area contributed by atoms with Crippen molar-refractivity contribution >= 4 is 5.91 Å². The van der Waals surface area contributed by atoms with Gasteiger partial charge in [-0.1, -0.05) is 52.0 Å². The highest BCUT2D eigenvalue weighted by Crippen LogP contribution is 2.15.